The van der Waals surface area contributed by atoms with Crippen LogP contribution in [0, 0.1) is 0 Å². The summed E-state index contributed by atoms with van der Waals surface area (Å²) in [5.41, 5.74) is 0.818. The number of amides is 1. The zero-order valence-electron chi connectivity index (χ0n) is 12.3. The predicted molar refractivity (Wildman–Crippen MR) is 85.8 cm³/mol. The van der Waals surface area contributed by atoms with E-state index in [2.05, 4.69) is 26.3 Å². The second-order valence-corrected chi connectivity index (χ2v) is 5.82. The van der Waals surface area contributed by atoms with E-state index in [1.807, 2.05) is 30.3 Å². The molecule has 0 bridgehead atoms. The monoisotopic (exact) mass is 381 g/mol. The number of carboxylic acids is 1. The van der Waals surface area contributed by atoms with Gasteiger partial charge in [0.1, 0.15) is 6.61 Å². The first-order valence-electron chi connectivity index (χ1n) is 6.87. The number of aliphatic carboxylic acids is 1. The largest absolute Gasteiger partial charge is 0.480 e. The van der Waals surface area contributed by atoms with E-state index in [0.717, 1.165) is 10.0 Å². The molecule has 7 nitrogen and oxygen atoms in total. The van der Waals surface area contributed by atoms with Crippen molar-refractivity contribution < 1.29 is 19.4 Å². The van der Waals surface area contributed by atoms with Crippen LogP contribution in [0.4, 0.5) is 4.79 Å². The summed E-state index contributed by atoms with van der Waals surface area (Å²) in [6.07, 6.45) is 2.39. The second-order valence-electron chi connectivity index (χ2n) is 4.90. The molecule has 2 atom stereocenters. The summed E-state index contributed by atoms with van der Waals surface area (Å²) in [5, 5.41) is 15.7. The van der Waals surface area contributed by atoms with E-state index in [1.165, 1.54) is 4.68 Å². The van der Waals surface area contributed by atoms with Crippen molar-refractivity contribution in [3.8, 4) is 0 Å². The number of rotatable bonds is 6. The summed E-state index contributed by atoms with van der Waals surface area (Å²) < 4.78 is 7.23. The molecular weight excluding hydrogens is 366 g/mol. The van der Waals surface area contributed by atoms with E-state index in [9.17, 15) is 14.7 Å². The zero-order chi connectivity index (χ0) is 16.8. The summed E-state index contributed by atoms with van der Waals surface area (Å²) in [5.74, 6) is -1.17. The first kappa shape index (κ1) is 17.0. The van der Waals surface area contributed by atoms with E-state index < -0.39 is 24.1 Å². The quantitative estimate of drug-likeness (QED) is 0.801. The van der Waals surface area contributed by atoms with Gasteiger partial charge in [0.05, 0.1) is 16.7 Å². The van der Waals surface area contributed by atoms with Gasteiger partial charge in [-0.15, -0.1) is 0 Å². The van der Waals surface area contributed by atoms with E-state index in [1.54, 1.807) is 19.3 Å². The topological polar surface area (TPSA) is 93.5 Å². The number of nitrogens with zero attached hydrogens (tertiary/aromatic N) is 2. The van der Waals surface area contributed by atoms with E-state index >= 15 is 0 Å². The Bertz CT molecular complexity index is 674. The van der Waals surface area contributed by atoms with Crippen molar-refractivity contribution in [1.82, 2.24) is 15.1 Å². The average molecular weight is 382 g/mol. The first-order valence-corrected chi connectivity index (χ1v) is 7.66. The third-order valence-electron chi connectivity index (χ3n) is 3.22. The molecule has 2 rings (SSSR count). The van der Waals surface area contributed by atoms with Gasteiger partial charge in [-0.1, -0.05) is 30.3 Å². The molecule has 0 saturated carbocycles. The van der Waals surface area contributed by atoms with E-state index in [4.69, 9.17) is 4.74 Å². The second kappa shape index (κ2) is 7.77. The number of benzene rings is 1. The first-order chi connectivity index (χ1) is 11.0. The fourth-order valence-corrected chi connectivity index (χ4v) is 2.27. The van der Waals surface area contributed by atoms with Gasteiger partial charge in [0.25, 0.3) is 0 Å². The molecular formula is C15H16BrN3O4. The van der Waals surface area contributed by atoms with Gasteiger partial charge in [-0.05, 0) is 28.4 Å². The number of carboxylic acid groups (broad SMARTS) is 1. The number of halogens is 1. The van der Waals surface area contributed by atoms with Crippen LogP contribution in [0.15, 0.2) is 47.2 Å². The molecule has 0 saturated heterocycles. The summed E-state index contributed by atoms with van der Waals surface area (Å²) in [6, 6.07) is 7.39. The highest BCUT2D eigenvalue weighted by Gasteiger charge is 2.29. The molecule has 0 fully saturated rings. The Balaban J connectivity index is 1.96. The van der Waals surface area contributed by atoms with Crippen molar-refractivity contribution in [1.29, 1.82) is 0 Å². The molecule has 2 N–H and O–H groups in total. The van der Waals surface area contributed by atoms with Crippen LogP contribution in [0.2, 0.25) is 0 Å². The molecule has 122 valence electrons. The van der Waals surface area contributed by atoms with Crippen LogP contribution in [0.1, 0.15) is 18.5 Å². The number of alkyl carbamates (subject to hydrolysis) is 1. The maximum atomic E-state index is 11.8. The van der Waals surface area contributed by atoms with Gasteiger partial charge < -0.3 is 15.2 Å². The van der Waals surface area contributed by atoms with E-state index in [-0.39, 0.29) is 6.61 Å². The van der Waals surface area contributed by atoms with Gasteiger partial charge in [0, 0.05) is 6.20 Å². The number of hydrogen-bond acceptors (Lipinski definition) is 4. The summed E-state index contributed by atoms with van der Waals surface area (Å²) >= 11 is 3.25. The lowest BCUT2D eigenvalue weighted by molar-refractivity contribution is -0.140. The van der Waals surface area contributed by atoms with E-state index in [0.29, 0.717) is 0 Å². The Hall–Kier alpha value is -2.35. The van der Waals surface area contributed by atoms with Crippen LogP contribution >= 0.6 is 15.9 Å². The lowest BCUT2D eigenvalue weighted by atomic mass is 10.1. The van der Waals surface area contributed by atoms with Gasteiger partial charge >= 0.3 is 12.1 Å². The van der Waals surface area contributed by atoms with Crippen molar-refractivity contribution >= 4 is 28.0 Å². The van der Waals surface area contributed by atoms with Crippen LogP contribution in [0.5, 0.6) is 0 Å². The number of carbonyl (C=O) groups excluding carboxylic acids is 1. The van der Waals surface area contributed by atoms with Crippen molar-refractivity contribution in [2.24, 2.45) is 0 Å². The molecule has 23 heavy (non-hydrogen) atoms. The lowest BCUT2D eigenvalue weighted by Crippen LogP contribution is -2.46. The lowest BCUT2D eigenvalue weighted by Gasteiger charge is -2.21. The van der Waals surface area contributed by atoms with Gasteiger partial charge in [-0.2, -0.15) is 5.10 Å². The highest BCUT2D eigenvalue weighted by molar-refractivity contribution is 9.10. The Morgan fingerprint density at radius 2 is 2.09 bits per heavy atom. The number of nitrogens with one attached hydrogen (secondary N) is 1. The molecule has 8 heteroatoms. The Morgan fingerprint density at radius 3 is 2.65 bits per heavy atom. The molecule has 1 aromatic carbocycles. The van der Waals surface area contributed by atoms with Crippen LogP contribution in [0.25, 0.3) is 0 Å². The molecule has 1 amide bonds. The van der Waals surface area contributed by atoms with Crippen LogP contribution in [-0.4, -0.2) is 33.0 Å². The van der Waals surface area contributed by atoms with Gasteiger partial charge in [0.15, 0.2) is 6.04 Å². The molecule has 2 unspecified atom stereocenters. The molecule has 2 aromatic rings. The van der Waals surface area contributed by atoms with Crippen LogP contribution in [-0.2, 0) is 16.1 Å². The Labute approximate surface area is 141 Å². The maximum Gasteiger partial charge on any atom is 0.408 e. The highest BCUT2D eigenvalue weighted by Crippen LogP contribution is 2.15. The van der Waals surface area contributed by atoms with Crippen LogP contribution < -0.4 is 5.32 Å². The number of ether oxygens (including phenoxy) is 1. The van der Waals surface area contributed by atoms with Crippen molar-refractivity contribution in [3.05, 3.63) is 52.8 Å². The Morgan fingerprint density at radius 1 is 1.39 bits per heavy atom. The summed E-state index contributed by atoms with van der Waals surface area (Å²) in [6.45, 7) is 1.72. The highest BCUT2D eigenvalue weighted by atomic mass is 79.9. The number of aromatic nitrogens is 2. The SMILES string of the molecule is CC(C(NC(=O)OCc1ccccc1)C(=O)O)n1cc(Br)cn1. The van der Waals surface area contributed by atoms with Gasteiger partial charge in [-0.3, -0.25) is 4.68 Å². The summed E-state index contributed by atoms with van der Waals surface area (Å²) in [4.78, 5) is 23.2. The van der Waals surface area contributed by atoms with Crippen molar-refractivity contribution in [2.75, 3.05) is 0 Å². The smallest absolute Gasteiger partial charge is 0.408 e. The maximum absolute atomic E-state index is 11.8. The molecule has 0 aliphatic carbocycles. The van der Waals surface area contributed by atoms with Crippen LogP contribution in [0.3, 0.4) is 0 Å². The third kappa shape index (κ3) is 4.82. The molecule has 0 aliphatic rings. The Kier molecular flexibility index (Phi) is 5.75. The van der Waals surface area contributed by atoms with Crippen molar-refractivity contribution in [3.63, 3.8) is 0 Å². The molecule has 1 aromatic heterocycles. The minimum atomic E-state index is -1.17. The zero-order valence-corrected chi connectivity index (χ0v) is 13.9. The van der Waals surface area contributed by atoms with Gasteiger partial charge in [0.2, 0.25) is 0 Å². The fourth-order valence-electron chi connectivity index (χ4n) is 1.97. The fraction of sp³-hybridized carbons (Fsp3) is 0.267. The van der Waals surface area contributed by atoms with Gasteiger partial charge in [-0.25, -0.2) is 9.59 Å². The number of hydrogen-bond donors (Lipinski definition) is 2. The minimum absolute atomic E-state index is 0.0702. The standard InChI is InChI=1S/C15H16BrN3O4/c1-10(19-8-12(16)7-17-19)13(14(20)21)18-15(22)23-9-11-5-3-2-4-6-11/h2-8,10,13H,9H2,1H3,(H,18,22)(H,20,21). The third-order valence-corrected chi connectivity index (χ3v) is 3.63. The summed E-state index contributed by atoms with van der Waals surface area (Å²) in [7, 11) is 0. The molecule has 0 radical (unpaired) electrons. The minimum Gasteiger partial charge on any atom is -0.480 e. The normalized spacial score (nSPS) is 13.1. The predicted octanol–water partition coefficient (Wildman–Crippen LogP) is 2.59. The number of carbonyl (C=O) groups is 2. The molecule has 0 spiro atoms. The molecule has 0 aliphatic heterocycles. The molecule has 1 heterocycles. The average Bonchev–Trinajstić information content (AvgIpc) is 2.97. The van der Waals surface area contributed by atoms with Crippen molar-refractivity contribution in [2.45, 2.75) is 25.6 Å².